The Balaban J connectivity index is 1.94. The molecule has 0 bridgehead atoms. The fourth-order valence-electron chi connectivity index (χ4n) is 3.19. The highest BCUT2D eigenvalue weighted by atomic mass is 16.7. The van der Waals surface area contributed by atoms with Crippen LogP contribution in [0, 0.1) is 5.41 Å². The molecule has 7 heteroatoms. The Morgan fingerprint density at radius 3 is 2.60 bits per heavy atom. The Bertz CT molecular complexity index is 756. The molecule has 25 heavy (non-hydrogen) atoms. The summed E-state index contributed by atoms with van der Waals surface area (Å²) in [5.41, 5.74) is -1.96. The number of rotatable bonds is 4. The van der Waals surface area contributed by atoms with Crippen molar-refractivity contribution >= 4 is 23.4 Å². The van der Waals surface area contributed by atoms with Gasteiger partial charge in [0.1, 0.15) is 5.41 Å². The third-order valence-corrected chi connectivity index (χ3v) is 4.55. The molecule has 0 saturated carbocycles. The van der Waals surface area contributed by atoms with Gasteiger partial charge in [0.15, 0.2) is 5.71 Å². The van der Waals surface area contributed by atoms with E-state index >= 15 is 0 Å². The molecule has 0 aromatic heterocycles. The number of nitrogens with zero attached hydrogens (tertiary/aromatic N) is 2. The minimum Gasteiger partial charge on any atom is -0.461 e. The minimum absolute atomic E-state index is 0.0127. The van der Waals surface area contributed by atoms with E-state index < -0.39 is 22.9 Å². The smallest absolute Gasteiger partial charge is 0.356 e. The number of likely N-dealkylation sites (tertiary alicyclic amines) is 1. The molecule has 2 heterocycles. The summed E-state index contributed by atoms with van der Waals surface area (Å²) in [7, 11) is 0. The molecule has 0 N–H and O–H groups in total. The molecule has 1 atom stereocenters. The van der Waals surface area contributed by atoms with Gasteiger partial charge in [0.25, 0.3) is 5.72 Å². The van der Waals surface area contributed by atoms with Crippen LogP contribution in [0.15, 0.2) is 35.5 Å². The summed E-state index contributed by atoms with van der Waals surface area (Å²) < 4.78 is 4.93. The summed E-state index contributed by atoms with van der Waals surface area (Å²) in [5, 5.41) is 3.76. The van der Waals surface area contributed by atoms with Crippen LogP contribution in [0.4, 0.5) is 0 Å². The van der Waals surface area contributed by atoms with Crippen LogP contribution in [0.3, 0.4) is 0 Å². The number of ketones is 1. The lowest BCUT2D eigenvalue weighted by molar-refractivity contribution is -0.166. The molecule has 1 saturated heterocycles. The highest BCUT2D eigenvalue weighted by Crippen LogP contribution is 2.45. The van der Waals surface area contributed by atoms with Crippen molar-refractivity contribution in [3.63, 3.8) is 0 Å². The van der Waals surface area contributed by atoms with E-state index in [0.717, 1.165) is 5.56 Å². The van der Waals surface area contributed by atoms with Crippen LogP contribution in [0.5, 0.6) is 0 Å². The maximum atomic E-state index is 13.0. The van der Waals surface area contributed by atoms with E-state index in [0.29, 0.717) is 0 Å². The van der Waals surface area contributed by atoms with Crippen molar-refractivity contribution in [2.24, 2.45) is 10.6 Å². The number of esters is 1. The summed E-state index contributed by atoms with van der Waals surface area (Å²) in [5.74, 6) is -1.38. The van der Waals surface area contributed by atoms with Gasteiger partial charge in [0.2, 0.25) is 11.7 Å². The first-order valence-corrected chi connectivity index (χ1v) is 8.16. The van der Waals surface area contributed by atoms with Crippen LogP contribution < -0.4 is 0 Å². The zero-order chi connectivity index (χ0) is 18.2. The van der Waals surface area contributed by atoms with Gasteiger partial charge in [0.05, 0.1) is 19.6 Å². The van der Waals surface area contributed by atoms with Crippen molar-refractivity contribution in [2.75, 3.05) is 6.61 Å². The summed E-state index contributed by atoms with van der Waals surface area (Å²) in [6, 6.07) is 9.29. The zero-order valence-corrected chi connectivity index (χ0v) is 14.4. The lowest BCUT2D eigenvalue weighted by Gasteiger charge is -2.30. The highest BCUT2D eigenvalue weighted by Gasteiger charge is 2.67. The number of Topliss-reactive ketones (excluding diaryl/α,β-unsaturated/α-hetero) is 1. The third-order valence-electron chi connectivity index (χ3n) is 4.55. The molecule has 1 spiro atoms. The van der Waals surface area contributed by atoms with E-state index in [1.165, 1.54) is 4.90 Å². The first kappa shape index (κ1) is 17.1. The second-order valence-corrected chi connectivity index (χ2v) is 6.64. The Hall–Kier alpha value is -2.70. The third kappa shape index (κ3) is 2.59. The second-order valence-electron chi connectivity index (χ2n) is 6.64. The number of amides is 1. The number of hydrogen-bond acceptors (Lipinski definition) is 6. The summed E-state index contributed by atoms with van der Waals surface area (Å²) >= 11 is 0. The van der Waals surface area contributed by atoms with E-state index in [-0.39, 0.29) is 31.2 Å². The van der Waals surface area contributed by atoms with Gasteiger partial charge in [-0.2, -0.15) is 0 Å². The molecule has 1 fully saturated rings. The topological polar surface area (TPSA) is 85.3 Å². The standard InChI is InChI=1S/C18H20N2O5/c1-4-24-14(21)13-10-18(25-19-13)15(22)17(2,3)16(23)20(18)11-12-8-6-5-7-9-12/h5-9H,4,10-11H2,1-3H3/t18-/m1/s1. The number of oxime groups is 1. The van der Waals surface area contributed by atoms with Gasteiger partial charge in [-0.15, -0.1) is 0 Å². The molecule has 7 nitrogen and oxygen atoms in total. The van der Waals surface area contributed by atoms with Gasteiger partial charge in [0, 0.05) is 0 Å². The minimum atomic E-state index is -1.58. The Labute approximate surface area is 145 Å². The first-order valence-electron chi connectivity index (χ1n) is 8.16. The van der Waals surface area contributed by atoms with Crippen molar-refractivity contribution in [2.45, 2.75) is 39.5 Å². The fraction of sp³-hybridized carbons (Fsp3) is 0.444. The van der Waals surface area contributed by atoms with Crippen LogP contribution in [0.2, 0.25) is 0 Å². The second kappa shape index (κ2) is 5.98. The van der Waals surface area contributed by atoms with Crippen molar-refractivity contribution in [1.82, 2.24) is 4.90 Å². The quantitative estimate of drug-likeness (QED) is 0.612. The molecular formula is C18H20N2O5. The molecule has 1 amide bonds. The van der Waals surface area contributed by atoms with Gasteiger partial charge >= 0.3 is 5.97 Å². The average Bonchev–Trinajstić information content (AvgIpc) is 3.10. The summed E-state index contributed by atoms with van der Waals surface area (Å²) in [4.78, 5) is 44.6. The van der Waals surface area contributed by atoms with E-state index in [1.807, 2.05) is 30.3 Å². The molecule has 0 unspecified atom stereocenters. The van der Waals surface area contributed by atoms with Crippen molar-refractivity contribution in [1.29, 1.82) is 0 Å². The van der Waals surface area contributed by atoms with Crippen molar-refractivity contribution in [3.05, 3.63) is 35.9 Å². The van der Waals surface area contributed by atoms with Gasteiger partial charge < -0.3 is 9.57 Å². The van der Waals surface area contributed by atoms with E-state index in [1.54, 1.807) is 20.8 Å². The molecule has 0 radical (unpaired) electrons. The lowest BCUT2D eigenvalue weighted by Crippen LogP contribution is -2.50. The summed E-state index contributed by atoms with van der Waals surface area (Å²) in [6.07, 6.45) is -0.104. The molecule has 2 aliphatic heterocycles. The average molecular weight is 344 g/mol. The van der Waals surface area contributed by atoms with Crippen molar-refractivity contribution < 1.29 is 24.0 Å². The largest absolute Gasteiger partial charge is 0.461 e. The zero-order valence-electron chi connectivity index (χ0n) is 14.4. The number of carbonyl (C=O) groups is 3. The Morgan fingerprint density at radius 2 is 1.96 bits per heavy atom. The van der Waals surface area contributed by atoms with E-state index in [4.69, 9.17) is 9.57 Å². The molecule has 0 aliphatic carbocycles. The SMILES string of the molecule is CCOC(=O)C1=NO[C@]2(C1)C(=O)C(C)(C)C(=O)N2Cc1ccccc1. The van der Waals surface area contributed by atoms with Gasteiger partial charge in [-0.05, 0) is 26.3 Å². The van der Waals surface area contributed by atoms with Crippen LogP contribution in [-0.2, 0) is 30.5 Å². The predicted molar refractivity (Wildman–Crippen MR) is 88.3 cm³/mol. The normalized spacial score (nSPS) is 24.4. The van der Waals surface area contributed by atoms with Crippen LogP contribution >= 0.6 is 0 Å². The van der Waals surface area contributed by atoms with Crippen LogP contribution in [-0.4, -0.2) is 40.6 Å². The predicted octanol–water partition coefficient (Wildman–Crippen LogP) is 1.66. The fourth-order valence-corrected chi connectivity index (χ4v) is 3.19. The van der Waals surface area contributed by atoms with Gasteiger partial charge in [-0.1, -0.05) is 35.5 Å². The molecule has 1 aromatic carbocycles. The van der Waals surface area contributed by atoms with E-state index in [9.17, 15) is 14.4 Å². The van der Waals surface area contributed by atoms with Crippen LogP contribution in [0.25, 0.3) is 0 Å². The monoisotopic (exact) mass is 344 g/mol. The first-order chi connectivity index (χ1) is 11.8. The number of benzene rings is 1. The van der Waals surface area contributed by atoms with Crippen LogP contribution in [0.1, 0.15) is 32.8 Å². The van der Waals surface area contributed by atoms with Gasteiger partial charge in [-0.25, -0.2) is 4.79 Å². The maximum Gasteiger partial charge on any atom is 0.356 e. The lowest BCUT2D eigenvalue weighted by atomic mass is 9.85. The van der Waals surface area contributed by atoms with Gasteiger partial charge in [-0.3, -0.25) is 14.5 Å². The highest BCUT2D eigenvalue weighted by molar-refractivity contribution is 6.38. The molecule has 3 rings (SSSR count). The number of hydrogen-bond donors (Lipinski definition) is 0. The Kier molecular flexibility index (Phi) is 4.10. The Morgan fingerprint density at radius 1 is 1.28 bits per heavy atom. The maximum absolute atomic E-state index is 13.0. The number of carbonyl (C=O) groups excluding carboxylic acids is 3. The molecule has 2 aliphatic rings. The molecular weight excluding hydrogens is 324 g/mol. The number of ether oxygens (including phenoxy) is 1. The molecule has 1 aromatic rings. The van der Waals surface area contributed by atoms with E-state index in [2.05, 4.69) is 5.16 Å². The van der Waals surface area contributed by atoms with Crippen molar-refractivity contribution in [3.8, 4) is 0 Å². The summed E-state index contributed by atoms with van der Waals surface area (Å²) in [6.45, 7) is 5.20. The molecule has 132 valence electrons.